The van der Waals surface area contributed by atoms with Gasteiger partial charge in [0.1, 0.15) is 18.1 Å². The molecule has 0 aromatic carbocycles. The lowest BCUT2D eigenvalue weighted by atomic mass is 10.1. The summed E-state index contributed by atoms with van der Waals surface area (Å²) in [6.45, 7) is 1.17. The molecular formula is C18H30N6O9. The molecule has 15 nitrogen and oxygen atoms in total. The number of hydrogen-bond acceptors (Lipinski definition) is 8. The van der Waals surface area contributed by atoms with E-state index in [1.807, 2.05) is 0 Å². The number of rotatable bonds is 16. The quantitative estimate of drug-likeness (QED) is 0.108. The van der Waals surface area contributed by atoms with Crippen LogP contribution in [0.15, 0.2) is 0 Å². The molecule has 0 bridgehead atoms. The van der Waals surface area contributed by atoms with Gasteiger partial charge in [-0.05, 0) is 26.2 Å². The van der Waals surface area contributed by atoms with E-state index in [9.17, 15) is 33.6 Å². The zero-order valence-corrected chi connectivity index (χ0v) is 18.0. The first-order valence-corrected chi connectivity index (χ1v) is 9.92. The number of primary amides is 2. The van der Waals surface area contributed by atoms with Gasteiger partial charge in [-0.15, -0.1) is 0 Å². The molecule has 0 rings (SSSR count). The van der Waals surface area contributed by atoms with Gasteiger partial charge in [-0.2, -0.15) is 0 Å². The minimum Gasteiger partial charge on any atom is -0.481 e. The summed E-state index contributed by atoms with van der Waals surface area (Å²) in [5.74, 6) is -6.86. The van der Waals surface area contributed by atoms with E-state index < -0.39 is 72.1 Å². The average Bonchev–Trinajstić information content (AvgIpc) is 2.71. The van der Waals surface area contributed by atoms with E-state index in [0.717, 1.165) is 0 Å². The molecule has 15 heteroatoms. The number of aliphatic carboxylic acids is 2. The summed E-state index contributed by atoms with van der Waals surface area (Å²) in [5.41, 5.74) is 15.7. The Labute approximate surface area is 188 Å². The van der Waals surface area contributed by atoms with E-state index in [0.29, 0.717) is 0 Å². The van der Waals surface area contributed by atoms with Crippen molar-refractivity contribution < 1.29 is 43.8 Å². The van der Waals surface area contributed by atoms with Gasteiger partial charge in [0, 0.05) is 19.3 Å². The number of carbonyl (C=O) groups excluding carboxylic acids is 5. The predicted molar refractivity (Wildman–Crippen MR) is 111 cm³/mol. The highest BCUT2D eigenvalue weighted by Gasteiger charge is 2.30. The monoisotopic (exact) mass is 474 g/mol. The molecule has 0 radical (unpaired) electrons. The van der Waals surface area contributed by atoms with Gasteiger partial charge in [0.15, 0.2) is 0 Å². The number of carboxylic acid groups (broad SMARTS) is 2. The van der Waals surface area contributed by atoms with Gasteiger partial charge in [0.05, 0.1) is 6.04 Å². The van der Waals surface area contributed by atoms with Gasteiger partial charge in [0.2, 0.25) is 29.5 Å². The zero-order valence-electron chi connectivity index (χ0n) is 18.0. The SMILES string of the molecule is CC(NC(=O)C(CCC(=O)O)NC(=O)C(CCC(N)=O)NC(=O)C(N)CCC(N)=O)C(=O)O. The van der Waals surface area contributed by atoms with Crippen molar-refractivity contribution in [1.82, 2.24) is 16.0 Å². The molecule has 0 aliphatic carbocycles. The summed E-state index contributed by atoms with van der Waals surface area (Å²) in [4.78, 5) is 81.2. The molecule has 0 saturated heterocycles. The third-order valence-corrected chi connectivity index (χ3v) is 4.36. The van der Waals surface area contributed by atoms with Crippen molar-refractivity contribution in [3.05, 3.63) is 0 Å². The van der Waals surface area contributed by atoms with Crippen molar-refractivity contribution >= 4 is 41.5 Å². The maximum Gasteiger partial charge on any atom is 0.325 e. The van der Waals surface area contributed by atoms with Crippen LogP contribution in [0.4, 0.5) is 0 Å². The summed E-state index contributed by atoms with van der Waals surface area (Å²) in [6, 6.07) is -5.37. The van der Waals surface area contributed by atoms with Gasteiger partial charge < -0.3 is 43.4 Å². The number of nitrogens with one attached hydrogen (secondary N) is 3. The van der Waals surface area contributed by atoms with Crippen LogP contribution in [0.5, 0.6) is 0 Å². The Kier molecular flexibility index (Phi) is 12.7. The Bertz CT molecular complexity index is 773. The molecule has 11 N–H and O–H groups in total. The molecule has 0 aliphatic heterocycles. The topological polar surface area (TPSA) is 274 Å². The predicted octanol–water partition coefficient (Wildman–Crippen LogP) is -3.73. The second-order valence-electron chi connectivity index (χ2n) is 7.24. The molecule has 33 heavy (non-hydrogen) atoms. The van der Waals surface area contributed by atoms with Crippen LogP contribution in [0.3, 0.4) is 0 Å². The molecule has 5 amide bonds. The fraction of sp³-hybridized carbons (Fsp3) is 0.611. The molecule has 0 heterocycles. The number of amides is 5. The fourth-order valence-electron chi connectivity index (χ4n) is 2.45. The van der Waals surface area contributed by atoms with Gasteiger partial charge in [-0.1, -0.05) is 0 Å². The first-order valence-electron chi connectivity index (χ1n) is 9.92. The summed E-state index contributed by atoms with van der Waals surface area (Å²) in [5, 5.41) is 24.4. The molecule has 0 aliphatic rings. The van der Waals surface area contributed by atoms with Crippen molar-refractivity contribution in [1.29, 1.82) is 0 Å². The van der Waals surface area contributed by atoms with E-state index in [1.165, 1.54) is 6.92 Å². The fourth-order valence-corrected chi connectivity index (χ4v) is 2.45. The van der Waals surface area contributed by atoms with E-state index >= 15 is 0 Å². The first-order chi connectivity index (χ1) is 15.2. The molecule has 0 aromatic rings. The minimum absolute atomic E-state index is 0.109. The largest absolute Gasteiger partial charge is 0.481 e. The van der Waals surface area contributed by atoms with Gasteiger partial charge in [0.25, 0.3) is 0 Å². The molecule has 4 atom stereocenters. The summed E-state index contributed by atoms with van der Waals surface area (Å²) < 4.78 is 0. The van der Waals surface area contributed by atoms with Crippen LogP contribution >= 0.6 is 0 Å². The Morgan fingerprint density at radius 1 is 0.697 bits per heavy atom. The molecule has 0 saturated carbocycles. The second kappa shape index (κ2) is 14.3. The maximum absolute atomic E-state index is 12.7. The lowest BCUT2D eigenvalue weighted by Gasteiger charge is -2.24. The number of hydrogen-bond donors (Lipinski definition) is 8. The van der Waals surface area contributed by atoms with Crippen LogP contribution in [0.1, 0.15) is 45.4 Å². The smallest absolute Gasteiger partial charge is 0.325 e. The molecule has 0 fully saturated rings. The lowest BCUT2D eigenvalue weighted by molar-refractivity contribution is -0.142. The van der Waals surface area contributed by atoms with E-state index in [-0.39, 0.29) is 32.1 Å². The number of carboxylic acids is 2. The Morgan fingerprint density at radius 3 is 1.58 bits per heavy atom. The van der Waals surface area contributed by atoms with Crippen molar-refractivity contribution in [2.24, 2.45) is 17.2 Å². The molecule has 0 aromatic heterocycles. The highest BCUT2D eigenvalue weighted by Crippen LogP contribution is 2.05. The van der Waals surface area contributed by atoms with Crippen LogP contribution < -0.4 is 33.2 Å². The maximum atomic E-state index is 12.7. The third-order valence-electron chi connectivity index (χ3n) is 4.36. The van der Waals surface area contributed by atoms with E-state index in [1.54, 1.807) is 0 Å². The van der Waals surface area contributed by atoms with Crippen molar-refractivity contribution in [3.8, 4) is 0 Å². The van der Waals surface area contributed by atoms with Crippen LogP contribution in [0, 0.1) is 0 Å². The highest BCUT2D eigenvalue weighted by molar-refractivity contribution is 5.94. The molecule has 0 spiro atoms. The average molecular weight is 474 g/mol. The van der Waals surface area contributed by atoms with Crippen molar-refractivity contribution in [2.45, 2.75) is 69.6 Å². The Balaban J connectivity index is 5.45. The van der Waals surface area contributed by atoms with Gasteiger partial charge >= 0.3 is 11.9 Å². The summed E-state index contributed by atoms with van der Waals surface area (Å²) in [7, 11) is 0. The molecule has 4 unspecified atom stereocenters. The van der Waals surface area contributed by atoms with Crippen molar-refractivity contribution in [2.75, 3.05) is 0 Å². The minimum atomic E-state index is -1.45. The number of nitrogens with two attached hydrogens (primary N) is 3. The van der Waals surface area contributed by atoms with Crippen LogP contribution in [-0.2, 0) is 33.6 Å². The second-order valence-corrected chi connectivity index (χ2v) is 7.24. The standard InChI is InChI=1S/C18H30N6O9/c1-8(18(32)33)22-16(30)11(4-7-14(27)28)24-17(31)10(3-6-13(21)26)23-15(29)9(19)2-5-12(20)25/h8-11H,2-7,19H2,1H3,(H2,20,25)(H2,21,26)(H,22,30)(H,23,29)(H,24,31)(H,27,28)(H,32,33). The highest BCUT2D eigenvalue weighted by atomic mass is 16.4. The summed E-state index contributed by atoms with van der Waals surface area (Å²) in [6.07, 6.45) is -1.80. The van der Waals surface area contributed by atoms with Crippen LogP contribution in [-0.4, -0.2) is 75.9 Å². The van der Waals surface area contributed by atoms with E-state index in [2.05, 4.69) is 16.0 Å². The van der Waals surface area contributed by atoms with Crippen LogP contribution in [0.25, 0.3) is 0 Å². The molecule has 186 valence electrons. The van der Waals surface area contributed by atoms with E-state index in [4.69, 9.17) is 27.4 Å². The van der Waals surface area contributed by atoms with Crippen LogP contribution in [0.2, 0.25) is 0 Å². The zero-order chi connectivity index (χ0) is 25.7. The first kappa shape index (κ1) is 29.2. The third kappa shape index (κ3) is 12.6. The normalized spacial score (nSPS) is 14.1. The van der Waals surface area contributed by atoms with Gasteiger partial charge in [-0.25, -0.2) is 0 Å². The summed E-state index contributed by atoms with van der Waals surface area (Å²) >= 11 is 0. The Morgan fingerprint density at radius 2 is 1.12 bits per heavy atom. The Hall–Kier alpha value is -3.75. The van der Waals surface area contributed by atoms with Gasteiger partial charge in [-0.3, -0.25) is 33.6 Å². The lowest BCUT2D eigenvalue weighted by Crippen LogP contribution is -2.57. The van der Waals surface area contributed by atoms with Crippen molar-refractivity contribution in [3.63, 3.8) is 0 Å². The number of carbonyl (C=O) groups is 7. The molecular weight excluding hydrogens is 444 g/mol.